The number of quaternary nitrogens is 1. The molecule has 0 bridgehead atoms. The predicted octanol–water partition coefficient (Wildman–Crippen LogP) is 16.3. The molecule has 0 aromatic carbocycles. The van der Waals surface area contributed by atoms with Gasteiger partial charge in [0.2, 0.25) is 5.91 Å². The van der Waals surface area contributed by atoms with Crippen molar-refractivity contribution in [3.63, 3.8) is 0 Å². The first-order valence-electron chi connectivity index (χ1n) is 27.4. The summed E-state index contributed by atoms with van der Waals surface area (Å²) in [6, 6.07) is -0.891. The Morgan fingerprint density at radius 3 is 1.46 bits per heavy atom. The molecule has 3 atom stereocenters. The molecule has 0 saturated heterocycles. The van der Waals surface area contributed by atoms with Crippen molar-refractivity contribution in [2.45, 2.75) is 232 Å². The largest absolute Gasteiger partial charge is 0.472 e. The number of nitrogens with one attached hydrogen (secondary N) is 1. The normalized spacial score (nSPS) is 14.5. The van der Waals surface area contributed by atoms with Gasteiger partial charge < -0.3 is 19.4 Å². The SMILES string of the molecule is CC/C=C/C/C=C/C/C=C/C/C=C/C/C=C/CCC(=O)NC(COP(=O)(O)OCC[N+](C)(C)C)C(/C=C/CCCCCCCCCCC)OC(=O)CCCCCCCCC/C=C\CCCCCC. The van der Waals surface area contributed by atoms with Gasteiger partial charge in [0.05, 0.1) is 33.8 Å². The molecule has 0 aliphatic carbocycles. The highest BCUT2D eigenvalue weighted by Gasteiger charge is 2.30. The number of phosphoric ester groups is 1. The Bertz CT molecular complexity index is 1440. The molecule has 0 aromatic rings. The molecule has 0 aliphatic rings. The third kappa shape index (κ3) is 48.2. The van der Waals surface area contributed by atoms with Crippen LogP contribution in [0.25, 0.3) is 0 Å². The molecule has 0 fully saturated rings. The summed E-state index contributed by atoms with van der Waals surface area (Å²) in [5, 5.41) is 2.99. The van der Waals surface area contributed by atoms with Crippen molar-refractivity contribution >= 4 is 19.7 Å². The maximum absolute atomic E-state index is 13.4. The van der Waals surface area contributed by atoms with Gasteiger partial charge in [0, 0.05) is 12.8 Å². The number of phosphoric acid groups is 1. The molecule has 0 spiro atoms. The number of hydrogen-bond acceptors (Lipinski definition) is 6. The Morgan fingerprint density at radius 1 is 0.529 bits per heavy atom. The fourth-order valence-corrected chi connectivity index (χ4v) is 8.07. The molecule has 0 aromatic heterocycles. The van der Waals surface area contributed by atoms with Crippen LogP contribution in [0.4, 0.5) is 0 Å². The molecule has 3 unspecified atom stereocenters. The Balaban J connectivity index is 5.49. The first kappa shape index (κ1) is 65.2. The van der Waals surface area contributed by atoms with Crippen LogP contribution >= 0.6 is 7.82 Å². The lowest BCUT2D eigenvalue weighted by Crippen LogP contribution is -2.47. The smallest absolute Gasteiger partial charge is 0.456 e. The van der Waals surface area contributed by atoms with E-state index < -0.39 is 20.0 Å². The monoisotopic (exact) mass is 972 g/mol. The molecular formula is C58H104N2O7P+. The van der Waals surface area contributed by atoms with Crippen LogP contribution in [-0.4, -0.2) is 74.3 Å². The number of hydrogen-bond donors (Lipinski definition) is 2. The lowest BCUT2D eigenvalue weighted by molar-refractivity contribution is -0.870. The molecule has 0 rings (SSSR count). The maximum atomic E-state index is 13.4. The summed E-state index contributed by atoms with van der Waals surface area (Å²) >= 11 is 0. The lowest BCUT2D eigenvalue weighted by Gasteiger charge is -2.27. The fourth-order valence-electron chi connectivity index (χ4n) is 7.33. The van der Waals surface area contributed by atoms with Crippen LogP contribution in [0.2, 0.25) is 0 Å². The van der Waals surface area contributed by atoms with Crippen LogP contribution in [-0.2, 0) is 27.9 Å². The Hall–Kier alpha value is -2.81. The highest BCUT2D eigenvalue weighted by molar-refractivity contribution is 7.47. The molecule has 10 heteroatoms. The summed E-state index contributed by atoms with van der Waals surface area (Å²) in [5.74, 6) is -0.612. The molecule has 9 nitrogen and oxygen atoms in total. The lowest BCUT2D eigenvalue weighted by atomic mass is 10.1. The van der Waals surface area contributed by atoms with E-state index in [1.807, 2.05) is 45.4 Å². The van der Waals surface area contributed by atoms with E-state index in [0.717, 1.165) is 83.5 Å². The standard InChI is InChI=1S/C58H103N2O7P/c1-7-10-13-16-19-22-25-27-29-31-32-35-38-41-44-47-50-57(61)59-55(54-66-68(63,64)65-53-52-60(4,5)6)56(49-46-43-40-37-34-24-21-18-15-12-9-3)67-58(62)51-48-45-42-39-36-33-30-28-26-23-20-17-14-11-8-2/h10,13,19,22-23,26-27,29,32,35,41,44,46,49,55-56H,7-9,11-12,14-18,20-21,24-25,28,30-31,33-34,36-40,42-43,45,47-48,50-54H2,1-6H3,(H-,59,61,63,64)/p+1/b13-10+,22-19+,26-23-,29-27+,35-32+,44-41+,49-46+. The average molecular weight is 972 g/mol. The Morgan fingerprint density at radius 2 is 0.956 bits per heavy atom. The number of likely N-dealkylation sites (N-methyl/N-ethyl adjacent to an activating group) is 1. The highest BCUT2D eigenvalue weighted by Crippen LogP contribution is 2.43. The van der Waals surface area contributed by atoms with Gasteiger partial charge in [-0.05, 0) is 89.5 Å². The van der Waals surface area contributed by atoms with Crippen molar-refractivity contribution in [2.24, 2.45) is 0 Å². The Labute approximate surface area is 418 Å². The van der Waals surface area contributed by atoms with Gasteiger partial charge >= 0.3 is 13.8 Å². The van der Waals surface area contributed by atoms with Gasteiger partial charge in [-0.2, -0.15) is 0 Å². The summed E-state index contributed by atoms with van der Waals surface area (Å²) < 4.78 is 30.5. The zero-order chi connectivity index (χ0) is 50.1. The minimum Gasteiger partial charge on any atom is -0.456 e. The quantitative estimate of drug-likeness (QED) is 0.0205. The van der Waals surface area contributed by atoms with Crippen LogP contribution in [0, 0.1) is 0 Å². The summed E-state index contributed by atoms with van der Waals surface area (Å²) in [7, 11) is 1.44. The van der Waals surface area contributed by atoms with Gasteiger partial charge in [0.15, 0.2) is 0 Å². The first-order chi connectivity index (χ1) is 32.9. The molecule has 392 valence electrons. The summed E-state index contributed by atoms with van der Waals surface area (Å²) in [6.45, 7) is 6.80. The zero-order valence-electron chi connectivity index (χ0n) is 44.6. The predicted molar refractivity (Wildman–Crippen MR) is 291 cm³/mol. The van der Waals surface area contributed by atoms with Crippen molar-refractivity contribution in [2.75, 3.05) is 40.9 Å². The van der Waals surface area contributed by atoms with Gasteiger partial charge in [-0.3, -0.25) is 18.6 Å². The molecule has 2 N–H and O–H groups in total. The maximum Gasteiger partial charge on any atom is 0.472 e. The minimum absolute atomic E-state index is 0.0230. The number of allylic oxidation sites excluding steroid dienone is 13. The second-order valence-corrected chi connectivity index (χ2v) is 20.8. The summed E-state index contributed by atoms with van der Waals surface area (Å²) in [6.07, 6.45) is 61.7. The van der Waals surface area contributed by atoms with Gasteiger partial charge in [0.1, 0.15) is 19.3 Å². The molecule has 0 heterocycles. The van der Waals surface area contributed by atoms with E-state index in [9.17, 15) is 19.0 Å². The number of amides is 1. The molecule has 1 amide bonds. The minimum atomic E-state index is -4.46. The number of esters is 1. The van der Waals surface area contributed by atoms with Crippen molar-refractivity contribution in [1.29, 1.82) is 0 Å². The number of unbranched alkanes of at least 4 members (excludes halogenated alkanes) is 20. The van der Waals surface area contributed by atoms with Gasteiger partial charge in [-0.25, -0.2) is 4.57 Å². The molecular weight excluding hydrogens is 868 g/mol. The second-order valence-electron chi connectivity index (χ2n) is 19.4. The van der Waals surface area contributed by atoms with E-state index >= 15 is 0 Å². The van der Waals surface area contributed by atoms with E-state index in [0.29, 0.717) is 17.4 Å². The third-order valence-corrected chi connectivity index (χ3v) is 12.6. The highest BCUT2D eigenvalue weighted by atomic mass is 31.2. The van der Waals surface area contributed by atoms with Gasteiger partial charge in [0.25, 0.3) is 0 Å². The van der Waals surface area contributed by atoms with Crippen LogP contribution in [0.5, 0.6) is 0 Å². The zero-order valence-corrected chi connectivity index (χ0v) is 45.5. The average Bonchev–Trinajstić information content (AvgIpc) is 3.29. The van der Waals surface area contributed by atoms with Crippen LogP contribution in [0.1, 0.15) is 220 Å². The van der Waals surface area contributed by atoms with Gasteiger partial charge in [-0.15, -0.1) is 0 Å². The number of rotatable bonds is 48. The van der Waals surface area contributed by atoms with E-state index in [4.69, 9.17) is 13.8 Å². The van der Waals surface area contributed by atoms with Crippen molar-refractivity contribution in [3.05, 3.63) is 85.1 Å². The van der Waals surface area contributed by atoms with E-state index in [-0.39, 0.29) is 37.9 Å². The number of carbonyl (C=O) groups excluding carboxylic acids is 2. The molecule has 68 heavy (non-hydrogen) atoms. The molecule has 0 saturated carbocycles. The van der Waals surface area contributed by atoms with Crippen LogP contribution in [0.15, 0.2) is 85.1 Å². The third-order valence-electron chi connectivity index (χ3n) is 11.6. The fraction of sp³-hybridized carbons (Fsp3) is 0.724. The van der Waals surface area contributed by atoms with E-state index in [2.05, 4.69) is 86.8 Å². The number of carbonyl (C=O) groups is 2. The molecule has 0 aliphatic heterocycles. The van der Waals surface area contributed by atoms with Crippen LogP contribution in [0.3, 0.4) is 0 Å². The second kappa shape index (κ2) is 47.8. The summed E-state index contributed by atoms with van der Waals surface area (Å²) in [5.41, 5.74) is 0. The molecule has 0 radical (unpaired) electrons. The number of nitrogens with zero attached hydrogens (tertiary/aromatic N) is 1. The van der Waals surface area contributed by atoms with Crippen molar-refractivity contribution < 1.29 is 37.3 Å². The van der Waals surface area contributed by atoms with Crippen molar-refractivity contribution in [1.82, 2.24) is 5.32 Å². The first-order valence-corrected chi connectivity index (χ1v) is 28.9. The summed E-state index contributed by atoms with van der Waals surface area (Å²) in [4.78, 5) is 37.4. The van der Waals surface area contributed by atoms with Crippen LogP contribution < -0.4 is 5.32 Å². The van der Waals surface area contributed by atoms with E-state index in [1.165, 1.54) is 96.3 Å². The van der Waals surface area contributed by atoms with E-state index in [1.54, 1.807) is 0 Å². The number of ether oxygens (including phenoxy) is 1. The van der Waals surface area contributed by atoms with Gasteiger partial charge in [-0.1, -0.05) is 202 Å². The topological polar surface area (TPSA) is 111 Å². The Kier molecular flexibility index (Phi) is 45.9. The van der Waals surface area contributed by atoms with Crippen molar-refractivity contribution in [3.8, 4) is 0 Å².